The van der Waals surface area contributed by atoms with Gasteiger partial charge in [-0.15, -0.1) is 0 Å². The lowest BCUT2D eigenvalue weighted by molar-refractivity contribution is -0.137. The van der Waals surface area contributed by atoms with Gasteiger partial charge in [0.05, 0.1) is 24.1 Å². The first-order valence-corrected chi connectivity index (χ1v) is 8.55. The number of carbonyl (C=O) groups is 2. The molecule has 2 amide bonds. The topological polar surface area (TPSA) is 81.4 Å². The molecule has 0 saturated carbocycles. The molecule has 0 radical (unpaired) electrons. The lowest BCUT2D eigenvalue weighted by Crippen LogP contribution is -2.46. The summed E-state index contributed by atoms with van der Waals surface area (Å²) >= 11 is 6.04. The number of benzene rings is 2. The number of rotatable bonds is 7. The number of nitrogens with one attached hydrogen (secondary N) is 1. The average Bonchev–Trinajstić information content (AvgIpc) is 2.61. The Kier molecular flexibility index (Phi) is 6.90. The Labute approximate surface area is 164 Å². The summed E-state index contributed by atoms with van der Waals surface area (Å²) in [6, 6.07) is 8.13. The van der Waals surface area contributed by atoms with Crippen LogP contribution in [0.5, 0.6) is 5.75 Å². The Morgan fingerprint density at radius 1 is 1.14 bits per heavy atom. The van der Waals surface area contributed by atoms with Crippen LogP contribution in [0, 0.1) is 0 Å². The van der Waals surface area contributed by atoms with Crippen molar-refractivity contribution in [1.29, 1.82) is 0 Å². The summed E-state index contributed by atoms with van der Waals surface area (Å²) in [5.74, 6) is -0.816. The molecule has 0 unspecified atom stereocenters. The SMILES string of the molecule is COc1ccc(C[C@@H](NC(=O)Cc2ccc(C(F)(F)F)cc2)C(N)=O)cc1Cl. The molecule has 0 saturated heterocycles. The van der Waals surface area contributed by atoms with Crippen LogP contribution in [0.3, 0.4) is 0 Å². The predicted molar refractivity (Wildman–Crippen MR) is 98.0 cm³/mol. The molecule has 9 heteroatoms. The van der Waals surface area contributed by atoms with Crippen LogP contribution < -0.4 is 15.8 Å². The Bertz CT molecular complexity index is 854. The first-order chi connectivity index (χ1) is 13.1. The Morgan fingerprint density at radius 2 is 1.75 bits per heavy atom. The number of amides is 2. The van der Waals surface area contributed by atoms with Gasteiger partial charge >= 0.3 is 6.18 Å². The monoisotopic (exact) mass is 414 g/mol. The van der Waals surface area contributed by atoms with Crippen LogP contribution in [-0.4, -0.2) is 25.0 Å². The van der Waals surface area contributed by atoms with Crippen molar-refractivity contribution in [1.82, 2.24) is 5.32 Å². The Hall–Kier alpha value is -2.74. The molecular weight excluding hydrogens is 397 g/mol. The molecule has 2 aromatic carbocycles. The van der Waals surface area contributed by atoms with Crippen LogP contribution in [0.25, 0.3) is 0 Å². The maximum absolute atomic E-state index is 12.6. The number of hydrogen-bond donors (Lipinski definition) is 2. The van der Waals surface area contributed by atoms with E-state index in [2.05, 4.69) is 5.32 Å². The van der Waals surface area contributed by atoms with Gasteiger partial charge in [0.25, 0.3) is 0 Å². The smallest absolute Gasteiger partial charge is 0.416 e. The van der Waals surface area contributed by atoms with Crippen molar-refractivity contribution in [3.8, 4) is 5.75 Å². The minimum absolute atomic E-state index is 0.109. The van der Waals surface area contributed by atoms with E-state index in [1.54, 1.807) is 18.2 Å². The van der Waals surface area contributed by atoms with Gasteiger partial charge in [-0.25, -0.2) is 0 Å². The number of ether oxygens (including phenoxy) is 1. The van der Waals surface area contributed by atoms with Gasteiger partial charge in [0.15, 0.2) is 0 Å². The van der Waals surface area contributed by atoms with E-state index < -0.39 is 29.6 Å². The molecule has 2 aromatic rings. The standard InChI is InChI=1S/C19H18ClF3N2O3/c1-28-16-7-4-12(8-14(16)20)9-15(18(24)27)25-17(26)10-11-2-5-13(6-3-11)19(21,22)23/h2-8,15H,9-10H2,1H3,(H2,24,27)(H,25,26)/t15-/m1/s1. The molecule has 0 aliphatic rings. The molecular formula is C19H18ClF3N2O3. The van der Waals surface area contributed by atoms with Gasteiger partial charge in [0.1, 0.15) is 11.8 Å². The van der Waals surface area contributed by atoms with E-state index in [1.165, 1.54) is 19.2 Å². The van der Waals surface area contributed by atoms with Crippen LogP contribution in [0.4, 0.5) is 13.2 Å². The fourth-order valence-electron chi connectivity index (χ4n) is 2.54. The van der Waals surface area contributed by atoms with Crippen molar-refractivity contribution in [3.05, 3.63) is 64.2 Å². The predicted octanol–water partition coefficient (Wildman–Crippen LogP) is 3.12. The van der Waals surface area contributed by atoms with E-state index in [4.69, 9.17) is 22.1 Å². The van der Waals surface area contributed by atoms with Gasteiger partial charge in [-0.2, -0.15) is 13.2 Å². The molecule has 0 heterocycles. The molecule has 0 aromatic heterocycles. The number of methoxy groups -OCH3 is 1. The molecule has 2 rings (SSSR count). The molecule has 5 nitrogen and oxygen atoms in total. The number of carbonyl (C=O) groups excluding carboxylic acids is 2. The fourth-order valence-corrected chi connectivity index (χ4v) is 2.82. The quantitative estimate of drug-likeness (QED) is 0.730. The van der Waals surface area contributed by atoms with Gasteiger partial charge in [0, 0.05) is 6.42 Å². The zero-order valence-electron chi connectivity index (χ0n) is 14.8. The number of nitrogens with two attached hydrogens (primary N) is 1. The molecule has 0 aliphatic heterocycles. The summed E-state index contributed by atoms with van der Waals surface area (Å²) < 4.78 is 42.8. The van der Waals surface area contributed by atoms with Crippen molar-refractivity contribution < 1.29 is 27.5 Å². The van der Waals surface area contributed by atoms with Crippen LogP contribution in [0.2, 0.25) is 5.02 Å². The lowest BCUT2D eigenvalue weighted by Gasteiger charge is -2.16. The van der Waals surface area contributed by atoms with Gasteiger partial charge in [-0.3, -0.25) is 9.59 Å². The van der Waals surface area contributed by atoms with Crippen LogP contribution in [-0.2, 0) is 28.6 Å². The first kappa shape index (κ1) is 21.6. The van der Waals surface area contributed by atoms with E-state index in [0.29, 0.717) is 21.9 Å². The van der Waals surface area contributed by atoms with Gasteiger partial charge in [-0.05, 0) is 35.4 Å². The summed E-state index contributed by atoms with van der Waals surface area (Å²) in [5.41, 5.74) is 5.58. The van der Waals surface area contributed by atoms with Crippen LogP contribution in [0.1, 0.15) is 16.7 Å². The van der Waals surface area contributed by atoms with Crippen molar-refractivity contribution >= 4 is 23.4 Å². The fraction of sp³-hybridized carbons (Fsp3) is 0.263. The van der Waals surface area contributed by atoms with Crippen molar-refractivity contribution in [2.75, 3.05) is 7.11 Å². The van der Waals surface area contributed by atoms with E-state index in [9.17, 15) is 22.8 Å². The highest BCUT2D eigenvalue weighted by molar-refractivity contribution is 6.32. The Morgan fingerprint density at radius 3 is 2.25 bits per heavy atom. The number of hydrogen-bond acceptors (Lipinski definition) is 3. The van der Waals surface area contributed by atoms with Gasteiger partial charge in [-0.1, -0.05) is 29.8 Å². The summed E-state index contributed by atoms with van der Waals surface area (Å²) in [7, 11) is 1.47. The average molecular weight is 415 g/mol. The third-order valence-corrected chi connectivity index (χ3v) is 4.28. The summed E-state index contributed by atoms with van der Waals surface area (Å²) in [5, 5.41) is 2.84. The molecule has 0 aliphatic carbocycles. The zero-order valence-corrected chi connectivity index (χ0v) is 15.6. The summed E-state index contributed by atoms with van der Waals surface area (Å²) in [4.78, 5) is 23.9. The molecule has 0 fully saturated rings. The van der Waals surface area contributed by atoms with E-state index in [0.717, 1.165) is 12.1 Å². The third kappa shape index (κ3) is 5.88. The van der Waals surface area contributed by atoms with Crippen molar-refractivity contribution in [2.24, 2.45) is 5.73 Å². The summed E-state index contributed by atoms with van der Waals surface area (Å²) in [6.07, 6.45) is -4.53. The van der Waals surface area contributed by atoms with E-state index >= 15 is 0 Å². The molecule has 28 heavy (non-hydrogen) atoms. The summed E-state index contributed by atoms with van der Waals surface area (Å²) in [6.45, 7) is 0. The second kappa shape index (κ2) is 8.97. The highest BCUT2D eigenvalue weighted by atomic mass is 35.5. The van der Waals surface area contributed by atoms with Crippen LogP contribution in [0.15, 0.2) is 42.5 Å². The molecule has 3 N–H and O–H groups in total. The van der Waals surface area contributed by atoms with Gasteiger partial charge < -0.3 is 15.8 Å². The largest absolute Gasteiger partial charge is 0.495 e. The van der Waals surface area contributed by atoms with Crippen molar-refractivity contribution in [2.45, 2.75) is 25.1 Å². The number of alkyl halides is 3. The Balaban J connectivity index is 2.02. The molecule has 150 valence electrons. The first-order valence-electron chi connectivity index (χ1n) is 8.17. The highest BCUT2D eigenvalue weighted by Gasteiger charge is 2.30. The minimum Gasteiger partial charge on any atom is -0.495 e. The normalized spacial score (nSPS) is 12.3. The maximum Gasteiger partial charge on any atom is 0.416 e. The number of primary amides is 1. The second-order valence-corrected chi connectivity index (χ2v) is 6.47. The minimum atomic E-state index is -4.45. The third-order valence-electron chi connectivity index (χ3n) is 3.98. The van der Waals surface area contributed by atoms with E-state index in [-0.39, 0.29) is 12.8 Å². The maximum atomic E-state index is 12.6. The molecule has 1 atom stereocenters. The zero-order chi connectivity index (χ0) is 20.9. The van der Waals surface area contributed by atoms with Gasteiger partial charge in [0.2, 0.25) is 11.8 Å². The number of halogens is 4. The second-order valence-electron chi connectivity index (χ2n) is 6.07. The highest BCUT2D eigenvalue weighted by Crippen LogP contribution is 2.29. The van der Waals surface area contributed by atoms with Crippen molar-refractivity contribution in [3.63, 3.8) is 0 Å². The van der Waals surface area contributed by atoms with Crippen LogP contribution >= 0.6 is 11.6 Å². The van der Waals surface area contributed by atoms with E-state index in [1.807, 2.05) is 0 Å². The lowest BCUT2D eigenvalue weighted by atomic mass is 10.0. The molecule has 0 spiro atoms. The molecule has 0 bridgehead atoms.